The molecule has 2 atom stereocenters. The van der Waals surface area contributed by atoms with Gasteiger partial charge >= 0.3 is 0 Å². The van der Waals surface area contributed by atoms with Gasteiger partial charge in [-0.15, -0.1) is 0 Å². The van der Waals surface area contributed by atoms with Crippen molar-refractivity contribution in [1.82, 2.24) is 14.8 Å². The lowest BCUT2D eigenvalue weighted by atomic mass is 9.90. The predicted octanol–water partition coefficient (Wildman–Crippen LogP) is 2.33. The van der Waals surface area contributed by atoms with E-state index in [2.05, 4.69) is 23.0 Å². The van der Waals surface area contributed by atoms with Crippen LogP contribution in [0.15, 0.2) is 66.1 Å². The van der Waals surface area contributed by atoms with Crippen LogP contribution in [0, 0.1) is 0 Å². The van der Waals surface area contributed by atoms with Gasteiger partial charge in [0, 0.05) is 38.3 Å². The second kappa shape index (κ2) is 6.92. The summed E-state index contributed by atoms with van der Waals surface area (Å²) >= 11 is 0. The zero-order chi connectivity index (χ0) is 18.1. The molecule has 0 fully saturated rings. The molecular weight excluding hydrogens is 326 g/mol. The van der Waals surface area contributed by atoms with Crippen LogP contribution in [-0.2, 0) is 4.79 Å². The third-order valence-corrected chi connectivity index (χ3v) is 5.45. The summed E-state index contributed by atoms with van der Waals surface area (Å²) in [6.07, 6.45) is 4.13. The number of hydrogen-bond donors (Lipinski definition) is 1. The number of nitrogens with zero attached hydrogens (tertiary/aromatic N) is 3. The molecule has 134 valence electrons. The van der Waals surface area contributed by atoms with Crippen molar-refractivity contribution in [2.45, 2.75) is 18.4 Å². The van der Waals surface area contributed by atoms with Crippen molar-refractivity contribution < 1.29 is 9.90 Å². The number of aliphatic hydroxyl groups excluding tert-OH is 1. The molecule has 2 aromatic rings. The third-order valence-electron chi connectivity index (χ3n) is 5.45. The van der Waals surface area contributed by atoms with Gasteiger partial charge in [0.25, 0.3) is 0 Å². The second-order valence-corrected chi connectivity index (χ2v) is 6.94. The molecule has 2 unspecified atom stereocenters. The monoisotopic (exact) mass is 349 g/mol. The van der Waals surface area contributed by atoms with Gasteiger partial charge in [-0.3, -0.25) is 9.78 Å². The summed E-state index contributed by atoms with van der Waals surface area (Å²) in [6, 6.07) is 14.0. The highest BCUT2D eigenvalue weighted by molar-refractivity contribution is 5.85. The smallest absolute Gasteiger partial charge is 0.230 e. The molecule has 2 aliphatic rings. The van der Waals surface area contributed by atoms with Crippen LogP contribution in [0.25, 0.3) is 0 Å². The number of amides is 1. The average molecular weight is 349 g/mol. The molecule has 0 aliphatic carbocycles. The number of carbonyl (C=O) groups is 1. The molecule has 0 spiro atoms. The maximum absolute atomic E-state index is 13.2. The first-order valence-electron chi connectivity index (χ1n) is 9.00. The van der Waals surface area contributed by atoms with Crippen LogP contribution in [0.4, 0.5) is 0 Å². The average Bonchev–Trinajstić information content (AvgIpc) is 3.07. The molecule has 0 saturated carbocycles. The van der Waals surface area contributed by atoms with Gasteiger partial charge < -0.3 is 14.9 Å². The normalized spacial score (nSPS) is 20.0. The molecule has 5 nitrogen and oxygen atoms in total. The number of carbonyl (C=O) groups excluding carboxylic acids is 1. The Morgan fingerprint density at radius 3 is 2.73 bits per heavy atom. The fraction of sp³-hybridized carbons (Fsp3) is 0.333. The quantitative estimate of drug-likeness (QED) is 0.900. The Balaban J connectivity index is 1.52. The fourth-order valence-corrected chi connectivity index (χ4v) is 4.13. The van der Waals surface area contributed by atoms with Gasteiger partial charge in [0.1, 0.15) is 0 Å². The van der Waals surface area contributed by atoms with Crippen molar-refractivity contribution in [3.63, 3.8) is 0 Å². The highest BCUT2D eigenvalue weighted by Crippen LogP contribution is 2.45. The molecule has 0 saturated heterocycles. The van der Waals surface area contributed by atoms with E-state index < -0.39 is 0 Å². The van der Waals surface area contributed by atoms with E-state index in [1.165, 1.54) is 11.3 Å². The Morgan fingerprint density at radius 1 is 1.23 bits per heavy atom. The van der Waals surface area contributed by atoms with Crippen LogP contribution in [0.2, 0.25) is 0 Å². The molecule has 1 aromatic carbocycles. The fourth-order valence-electron chi connectivity index (χ4n) is 4.13. The van der Waals surface area contributed by atoms with E-state index in [-0.39, 0.29) is 24.5 Å². The van der Waals surface area contributed by atoms with Crippen LogP contribution >= 0.6 is 0 Å². The van der Waals surface area contributed by atoms with Gasteiger partial charge in [-0.05, 0) is 29.2 Å². The molecule has 3 heterocycles. The Labute approximate surface area is 153 Å². The molecule has 4 rings (SSSR count). The summed E-state index contributed by atoms with van der Waals surface area (Å²) in [4.78, 5) is 21.5. The molecule has 0 bridgehead atoms. The molecule has 1 amide bonds. The Morgan fingerprint density at radius 2 is 2.04 bits per heavy atom. The van der Waals surface area contributed by atoms with E-state index >= 15 is 0 Å². The van der Waals surface area contributed by atoms with Gasteiger partial charge in [0.05, 0.1) is 18.5 Å². The number of likely N-dealkylation sites (N-methyl/N-ethyl adjacent to an activating group) is 1. The number of hydrogen-bond acceptors (Lipinski definition) is 4. The molecule has 1 aromatic heterocycles. The van der Waals surface area contributed by atoms with Crippen molar-refractivity contribution >= 4 is 5.91 Å². The van der Waals surface area contributed by atoms with Gasteiger partial charge in [-0.2, -0.15) is 0 Å². The number of benzene rings is 1. The summed E-state index contributed by atoms with van der Waals surface area (Å²) in [5.74, 6) is -0.194. The maximum atomic E-state index is 13.2. The van der Waals surface area contributed by atoms with Crippen LogP contribution < -0.4 is 0 Å². The van der Waals surface area contributed by atoms with Gasteiger partial charge in [0.15, 0.2) is 0 Å². The summed E-state index contributed by atoms with van der Waals surface area (Å²) < 4.78 is 0. The summed E-state index contributed by atoms with van der Waals surface area (Å²) in [6.45, 7) is 1.31. The summed E-state index contributed by atoms with van der Waals surface area (Å²) in [7, 11) is 2.08. The first kappa shape index (κ1) is 16.8. The highest BCUT2D eigenvalue weighted by atomic mass is 16.3. The number of aliphatic hydroxyl groups is 1. The minimum absolute atomic E-state index is 0.00446. The zero-order valence-electron chi connectivity index (χ0n) is 14.9. The van der Waals surface area contributed by atoms with Crippen molar-refractivity contribution in [1.29, 1.82) is 0 Å². The minimum atomic E-state index is -0.290. The van der Waals surface area contributed by atoms with E-state index in [9.17, 15) is 9.90 Å². The lowest BCUT2D eigenvalue weighted by molar-refractivity contribution is -0.132. The van der Waals surface area contributed by atoms with Gasteiger partial charge in [-0.1, -0.05) is 36.4 Å². The molecular formula is C21H23N3O2. The van der Waals surface area contributed by atoms with Gasteiger partial charge in [-0.25, -0.2) is 0 Å². The standard InChI is InChI=1S/C21H23N3O2/c1-23-19-14-24(13-18(19)20(23)16-8-5-10-22-12-16)21(26)17(9-11-25)15-6-3-2-4-7-15/h2-8,10,12,17,20,25H,9,11,13-14H2,1H3. The van der Waals surface area contributed by atoms with Gasteiger partial charge in [0.2, 0.25) is 5.91 Å². The highest BCUT2D eigenvalue weighted by Gasteiger charge is 2.43. The van der Waals surface area contributed by atoms with Crippen molar-refractivity contribution in [2.75, 3.05) is 26.7 Å². The second-order valence-electron chi connectivity index (χ2n) is 6.94. The van der Waals surface area contributed by atoms with Crippen LogP contribution in [0.3, 0.4) is 0 Å². The van der Waals surface area contributed by atoms with Crippen molar-refractivity contribution in [2.24, 2.45) is 0 Å². The van der Waals surface area contributed by atoms with E-state index in [0.29, 0.717) is 19.5 Å². The predicted molar refractivity (Wildman–Crippen MR) is 99.2 cm³/mol. The summed E-state index contributed by atoms with van der Waals surface area (Å²) in [5.41, 5.74) is 4.68. The van der Waals surface area contributed by atoms with Crippen molar-refractivity contribution in [3.05, 3.63) is 77.3 Å². The minimum Gasteiger partial charge on any atom is -0.396 e. The summed E-state index contributed by atoms with van der Waals surface area (Å²) in [5, 5.41) is 9.44. The number of rotatable bonds is 5. The van der Waals surface area contributed by atoms with Crippen LogP contribution in [-0.4, -0.2) is 52.5 Å². The number of aromatic nitrogens is 1. The first-order valence-corrected chi connectivity index (χ1v) is 9.00. The lowest BCUT2D eigenvalue weighted by Gasteiger charge is -2.41. The lowest BCUT2D eigenvalue weighted by Crippen LogP contribution is -2.36. The SMILES string of the molecule is CN1C2=C(CN(C(=O)C(CCO)c3ccccc3)C2)C1c1cccnc1. The molecule has 2 aliphatic heterocycles. The topological polar surface area (TPSA) is 56.7 Å². The van der Waals surface area contributed by atoms with E-state index in [0.717, 1.165) is 11.1 Å². The Bertz CT molecular complexity index is 820. The largest absolute Gasteiger partial charge is 0.396 e. The van der Waals surface area contributed by atoms with E-state index in [1.807, 2.05) is 47.5 Å². The Kier molecular flexibility index (Phi) is 4.47. The third kappa shape index (κ3) is 2.78. The molecule has 5 heteroatoms. The maximum Gasteiger partial charge on any atom is 0.230 e. The number of pyridine rings is 1. The van der Waals surface area contributed by atoms with Crippen LogP contribution in [0.1, 0.15) is 29.5 Å². The zero-order valence-corrected chi connectivity index (χ0v) is 14.9. The van der Waals surface area contributed by atoms with Crippen LogP contribution in [0.5, 0.6) is 0 Å². The van der Waals surface area contributed by atoms with Crippen molar-refractivity contribution in [3.8, 4) is 0 Å². The van der Waals surface area contributed by atoms with E-state index in [1.54, 1.807) is 6.20 Å². The first-order chi connectivity index (χ1) is 12.7. The molecule has 1 N–H and O–H groups in total. The molecule has 0 radical (unpaired) electrons. The molecule has 26 heavy (non-hydrogen) atoms. The van der Waals surface area contributed by atoms with E-state index in [4.69, 9.17) is 0 Å². The Hall–Kier alpha value is -2.66.